The highest BCUT2D eigenvalue weighted by molar-refractivity contribution is 14.1. The van der Waals surface area contributed by atoms with Gasteiger partial charge in [0.2, 0.25) is 0 Å². The average molecular weight is 312 g/mol. The molecule has 0 spiro atoms. The molecule has 13 heavy (non-hydrogen) atoms. The molecule has 5 heteroatoms. The maximum atomic E-state index is 5.63. The molecule has 1 N–H and O–H groups in total. The Balaban J connectivity index is 2.58. The third kappa shape index (κ3) is 3.64. The van der Waals surface area contributed by atoms with Gasteiger partial charge in [-0.15, -0.1) is 11.6 Å². The fourth-order valence-corrected chi connectivity index (χ4v) is 1.67. The highest BCUT2D eigenvalue weighted by Gasteiger charge is 2.04. The quantitative estimate of drug-likeness (QED) is 0.686. The van der Waals surface area contributed by atoms with Crippen LogP contribution in [0.5, 0.6) is 0 Å². The van der Waals surface area contributed by atoms with Crippen molar-refractivity contribution in [3.63, 3.8) is 0 Å². The SMILES string of the molecule is CC(CCCl)Nc1ncncc1I. The molecule has 0 bridgehead atoms. The first-order chi connectivity index (χ1) is 6.24. The predicted molar refractivity (Wildman–Crippen MR) is 63.2 cm³/mol. The normalized spacial score (nSPS) is 12.5. The number of aromatic nitrogens is 2. The number of anilines is 1. The summed E-state index contributed by atoms with van der Waals surface area (Å²) in [5, 5.41) is 3.27. The molecule has 0 aliphatic rings. The molecule has 1 aromatic heterocycles. The number of halogens is 2. The summed E-state index contributed by atoms with van der Waals surface area (Å²) in [6.07, 6.45) is 4.25. The fourth-order valence-electron chi connectivity index (χ4n) is 0.888. The Morgan fingerprint density at radius 2 is 2.46 bits per heavy atom. The van der Waals surface area contributed by atoms with E-state index in [4.69, 9.17) is 11.6 Å². The lowest BCUT2D eigenvalue weighted by Crippen LogP contribution is -2.17. The van der Waals surface area contributed by atoms with Gasteiger partial charge < -0.3 is 5.32 Å². The summed E-state index contributed by atoms with van der Waals surface area (Å²) < 4.78 is 1.03. The highest BCUT2D eigenvalue weighted by atomic mass is 127. The van der Waals surface area contributed by atoms with Gasteiger partial charge in [0.05, 0.1) is 3.57 Å². The molecule has 0 amide bonds. The van der Waals surface area contributed by atoms with Crippen molar-refractivity contribution in [2.45, 2.75) is 19.4 Å². The van der Waals surface area contributed by atoms with Gasteiger partial charge in [-0.25, -0.2) is 9.97 Å². The van der Waals surface area contributed by atoms with E-state index in [1.54, 1.807) is 6.20 Å². The number of nitrogens with one attached hydrogen (secondary N) is 1. The Morgan fingerprint density at radius 3 is 3.08 bits per heavy atom. The van der Waals surface area contributed by atoms with Crippen molar-refractivity contribution >= 4 is 40.0 Å². The molecule has 3 nitrogen and oxygen atoms in total. The number of rotatable bonds is 4. The van der Waals surface area contributed by atoms with Crippen molar-refractivity contribution in [1.82, 2.24) is 9.97 Å². The maximum absolute atomic E-state index is 5.63. The molecule has 0 radical (unpaired) electrons. The van der Waals surface area contributed by atoms with Crippen LogP contribution in [0.2, 0.25) is 0 Å². The first kappa shape index (κ1) is 11.0. The second-order valence-corrected chi connectivity index (χ2v) is 4.28. The summed E-state index contributed by atoms with van der Waals surface area (Å²) in [6.45, 7) is 2.08. The molecule has 0 aromatic carbocycles. The summed E-state index contributed by atoms with van der Waals surface area (Å²) in [6, 6.07) is 0.348. The lowest BCUT2D eigenvalue weighted by Gasteiger charge is -2.13. The number of nitrogens with zero attached hydrogens (tertiary/aromatic N) is 2. The van der Waals surface area contributed by atoms with Crippen LogP contribution >= 0.6 is 34.2 Å². The van der Waals surface area contributed by atoms with E-state index < -0.39 is 0 Å². The first-order valence-corrected chi connectivity index (χ1v) is 5.63. The minimum Gasteiger partial charge on any atom is -0.367 e. The number of hydrogen-bond donors (Lipinski definition) is 1. The Hall–Kier alpha value is -0.100. The Labute approximate surface area is 96.4 Å². The molecule has 0 aliphatic carbocycles. The fraction of sp³-hybridized carbons (Fsp3) is 0.500. The van der Waals surface area contributed by atoms with Crippen molar-refractivity contribution in [3.05, 3.63) is 16.1 Å². The third-order valence-electron chi connectivity index (χ3n) is 1.59. The molecule has 72 valence electrons. The third-order valence-corrected chi connectivity index (χ3v) is 2.60. The maximum Gasteiger partial charge on any atom is 0.143 e. The number of hydrogen-bond acceptors (Lipinski definition) is 3. The number of alkyl halides is 1. The van der Waals surface area contributed by atoms with Crippen molar-refractivity contribution in [2.75, 3.05) is 11.2 Å². The van der Waals surface area contributed by atoms with Crippen LogP contribution < -0.4 is 5.32 Å². The van der Waals surface area contributed by atoms with Gasteiger partial charge in [-0.2, -0.15) is 0 Å². The first-order valence-electron chi connectivity index (χ1n) is 4.02. The zero-order valence-electron chi connectivity index (χ0n) is 7.30. The van der Waals surface area contributed by atoms with E-state index >= 15 is 0 Å². The highest BCUT2D eigenvalue weighted by Crippen LogP contribution is 2.14. The summed E-state index contributed by atoms with van der Waals surface area (Å²) in [5.74, 6) is 1.55. The largest absolute Gasteiger partial charge is 0.367 e. The Morgan fingerprint density at radius 1 is 1.69 bits per heavy atom. The Bertz CT molecular complexity index is 269. The summed E-state index contributed by atoms with van der Waals surface area (Å²) in [5.41, 5.74) is 0. The summed E-state index contributed by atoms with van der Waals surface area (Å²) >= 11 is 7.83. The van der Waals surface area contributed by atoms with E-state index in [0.29, 0.717) is 11.9 Å². The minimum atomic E-state index is 0.348. The van der Waals surface area contributed by atoms with Gasteiger partial charge in [0.25, 0.3) is 0 Å². The topological polar surface area (TPSA) is 37.8 Å². The second-order valence-electron chi connectivity index (χ2n) is 2.74. The van der Waals surface area contributed by atoms with Gasteiger partial charge in [0.1, 0.15) is 12.1 Å². The molecule has 1 unspecified atom stereocenters. The lowest BCUT2D eigenvalue weighted by atomic mass is 10.2. The van der Waals surface area contributed by atoms with Crippen LogP contribution in [0.3, 0.4) is 0 Å². The van der Waals surface area contributed by atoms with Crippen LogP contribution in [0.25, 0.3) is 0 Å². The Kier molecular flexibility index (Phi) is 4.72. The zero-order chi connectivity index (χ0) is 9.68. The van der Waals surface area contributed by atoms with Crippen LogP contribution in [0.4, 0.5) is 5.82 Å². The van der Waals surface area contributed by atoms with Crippen molar-refractivity contribution in [1.29, 1.82) is 0 Å². The molecule has 0 saturated heterocycles. The molecule has 0 fully saturated rings. The van der Waals surface area contributed by atoms with E-state index in [2.05, 4.69) is 44.8 Å². The molecule has 1 aromatic rings. The summed E-state index contributed by atoms with van der Waals surface area (Å²) in [7, 11) is 0. The van der Waals surface area contributed by atoms with Crippen molar-refractivity contribution in [3.8, 4) is 0 Å². The lowest BCUT2D eigenvalue weighted by molar-refractivity contribution is 0.762. The minimum absolute atomic E-state index is 0.348. The van der Waals surface area contributed by atoms with Crippen LogP contribution in [0.15, 0.2) is 12.5 Å². The van der Waals surface area contributed by atoms with Gasteiger partial charge in [0.15, 0.2) is 0 Å². The van der Waals surface area contributed by atoms with E-state index in [0.717, 1.165) is 15.8 Å². The van der Waals surface area contributed by atoms with Crippen LogP contribution in [0.1, 0.15) is 13.3 Å². The molecular weight excluding hydrogens is 300 g/mol. The van der Waals surface area contributed by atoms with E-state index in [1.807, 2.05) is 0 Å². The van der Waals surface area contributed by atoms with Gasteiger partial charge in [-0.1, -0.05) is 0 Å². The summed E-state index contributed by atoms with van der Waals surface area (Å²) in [4.78, 5) is 8.04. The van der Waals surface area contributed by atoms with E-state index in [9.17, 15) is 0 Å². The monoisotopic (exact) mass is 311 g/mol. The molecule has 1 rings (SSSR count). The van der Waals surface area contributed by atoms with Crippen LogP contribution in [0, 0.1) is 3.57 Å². The molecule has 1 atom stereocenters. The van der Waals surface area contributed by atoms with Crippen molar-refractivity contribution in [2.24, 2.45) is 0 Å². The van der Waals surface area contributed by atoms with Gasteiger partial charge >= 0.3 is 0 Å². The molecule has 0 saturated carbocycles. The molecule has 1 heterocycles. The van der Waals surface area contributed by atoms with E-state index in [1.165, 1.54) is 6.33 Å². The standard InChI is InChI=1S/C8H11ClIN3/c1-6(2-3-9)13-8-7(10)4-11-5-12-8/h4-6H,2-3H2,1H3,(H,11,12,13). The van der Waals surface area contributed by atoms with Gasteiger partial charge in [0, 0.05) is 18.1 Å². The van der Waals surface area contributed by atoms with E-state index in [-0.39, 0.29) is 0 Å². The predicted octanol–water partition coefficient (Wildman–Crippen LogP) is 2.51. The molecule has 0 aliphatic heterocycles. The van der Waals surface area contributed by atoms with Gasteiger partial charge in [-0.3, -0.25) is 0 Å². The average Bonchev–Trinajstić information content (AvgIpc) is 2.09. The second kappa shape index (κ2) is 5.59. The zero-order valence-corrected chi connectivity index (χ0v) is 10.2. The van der Waals surface area contributed by atoms with Crippen LogP contribution in [-0.4, -0.2) is 21.9 Å². The van der Waals surface area contributed by atoms with Gasteiger partial charge in [-0.05, 0) is 35.9 Å². The smallest absolute Gasteiger partial charge is 0.143 e. The van der Waals surface area contributed by atoms with Crippen LogP contribution in [-0.2, 0) is 0 Å². The van der Waals surface area contributed by atoms with Crippen molar-refractivity contribution < 1.29 is 0 Å². The molecular formula is C8H11ClIN3.